The van der Waals surface area contributed by atoms with Crippen molar-refractivity contribution in [3.63, 3.8) is 0 Å². The first-order valence-corrected chi connectivity index (χ1v) is 12.2. The molecule has 0 bridgehead atoms. The first-order valence-electron chi connectivity index (χ1n) is 12.2. The monoisotopic (exact) mass is 559 g/mol. The lowest BCUT2D eigenvalue weighted by Crippen LogP contribution is -2.24. The fourth-order valence-electron chi connectivity index (χ4n) is 3.56. The molecule has 11 nitrogen and oxygen atoms in total. The second-order valence-electron chi connectivity index (χ2n) is 8.96. The van der Waals surface area contributed by atoms with Crippen LogP contribution >= 0.6 is 0 Å². The predicted octanol–water partition coefficient (Wildman–Crippen LogP) is 2.88. The molecule has 1 unspecified atom stereocenters. The summed E-state index contributed by atoms with van der Waals surface area (Å²) in [7, 11) is 0. The van der Waals surface area contributed by atoms with Crippen LogP contribution in [-0.4, -0.2) is 53.0 Å². The zero-order valence-electron chi connectivity index (χ0n) is 21.3. The van der Waals surface area contributed by atoms with Crippen molar-refractivity contribution in [1.29, 1.82) is 0 Å². The van der Waals surface area contributed by atoms with Gasteiger partial charge in [0.05, 0.1) is 36.7 Å². The molecule has 1 aromatic carbocycles. The summed E-state index contributed by atoms with van der Waals surface area (Å²) in [5.41, 5.74) is 1.17. The van der Waals surface area contributed by atoms with Crippen molar-refractivity contribution in [3.8, 4) is 0 Å². The van der Waals surface area contributed by atoms with Crippen LogP contribution in [-0.2, 0) is 32.4 Å². The SMILES string of the molecule is Cc1ccc(CNC(=O)c2cn(CCC(F)Cn3cc(C(=O)NCc4cc(C(F)(F)F)ccn4)nn3)nn2)cc1. The molecule has 0 aliphatic carbocycles. The van der Waals surface area contributed by atoms with E-state index >= 15 is 0 Å². The molecule has 0 fully saturated rings. The van der Waals surface area contributed by atoms with Crippen LogP contribution in [0.1, 0.15) is 49.8 Å². The maximum atomic E-state index is 14.6. The maximum Gasteiger partial charge on any atom is 0.416 e. The Morgan fingerprint density at radius 3 is 2.23 bits per heavy atom. The molecule has 3 heterocycles. The Morgan fingerprint density at radius 1 is 0.925 bits per heavy atom. The first-order chi connectivity index (χ1) is 19.1. The first kappa shape index (κ1) is 28.3. The van der Waals surface area contributed by atoms with E-state index in [1.807, 2.05) is 31.2 Å². The van der Waals surface area contributed by atoms with Gasteiger partial charge in [-0.05, 0) is 24.6 Å². The van der Waals surface area contributed by atoms with Gasteiger partial charge in [-0.2, -0.15) is 13.2 Å². The third-order valence-corrected chi connectivity index (χ3v) is 5.75. The van der Waals surface area contributed by atoms with Crippen LogP contribution in [0.4, 0.5) is 17.6 Å². The lowest BCUT2D eigenvalue weighted by atomic mass is 10.1. The Kier molecular flexibility index (Phi) is 8.81. The van der Waals surface area contributed by atoms with Gasteiger partial charge in [-0.1, -0.05) is 40.3 Å². The minimum Gasteiger partial charge on any atom is -0.347 e. The Bertz CT molecular complexity index is 1450. The smallest absolute Gasteiger partial charge is 0.347 e. The summed E-state index contributed by atoms with van der Waals surface area (Å²) in [5, 5.41) is 20.3. The molecule has 0 aliphatic rings. The summed E-state index contributed by atoms with van der Waals surface area (Å²) in [5.74, 6) is -1.10. The Labute approximate surface area is 225 Å². The summed E-state index contributed by atoms with van der Waals surface area (Å²) in [6.07, 6.45) is -2.23. The Hall–Kier alpha value is -4.69. The van der Waals surface area contributed by atoms with Crippen molar-refractivity contribution in [3.05, 3.63) is 88.8 Å². The van der Waals surface area contributed by atoms with Gasteiger partial charge in [-0.25, -0.2) is 9.07 Å². The topological polar surface area (TPSA) is 133 Å². The van der Waals surface area contributed by atoms with E-state index in [9.17, 15) is 27.2 Å². The van der Waals surface area contributed by atoms with Gasteiger partial charge in [0.1, 0.15) is 6.17 Å². The van der Waals surface area contributed by atoms with E-state index in [-0.39, 0.29) is 43.1 Å². The molecule has 0 aliphatic heterocycles. The Morgan fingerprint density at radius 2 is 1.55 bits per heavy atom. The van der Waals surface area contributed by atoms with Crippen molar-refractivity contribution in [2.75, 3.05) is 0 Å². The largest absolute Gasteiger partial charge is 0.416 e. The van der Waals surface area contributed by atoms with Crippen molar-refractivity contribution < 1.29 is 27.2 Å². The van der Waals surface area contributed by atoms with Crippen molar-refractivity contribution in [2.45, 2.75) is 51.9 Å². The molecule has 4 aromatic rings. The molecule has 210 valence electrons. The summed E-state index contributed by atoms with van der Waals surface area (Å²) >= 11 is 0. The highest BCUT2D eigenvalue weighted by Gasteiger charge is 2.30. The second-order valence-corrected chi connectivity index (χ2v) is 8.96. The molecule has 4 rings (SSSR count). The van der Waals surface area contributed by atoms with Crippen molar-refractivity contribution in [2.24, 2.45) is 0 Å². The standard InChI is InChI=1S/C25H25F4N9O2/c1-16-2-4-17(5-3-16)11-31-23(39)21-14-37(35-33-21)9-7-19(26)13-38-15-22(34-36-38)24(40)32-12-20-10-18(6-8-30-20)25(27,28)29/h2-6,8,10,14-15,19H,7,9,11-13H2,1H3,(H,31,39)(H,32,40). The molecule has 0 saturated heterocycles. The number of benzene rings is 1. The van der Waals surface area contributed by atoms with E-state index < -0.39 is 29.7 Å². The number of halogens is 4. The van der Waals surface area contributed by atoms with Crippen LogP contribution in [0.15, 0.2) is 55.0 Å². The molecule has 3 aromatic heterocycles. The maximum absolute atomic E-state index is 14.6. The minimum absolute atomic E-state index is 0.0133. The summed E-state index contributed by atoms with van der Waals surface area (Å²) in [6, 6.07) is 9.38. The number of carbonyl (C=O) groups excluding carboxylic acids is 2. The van der Waals surface area contributed by atoms with E-state index in [0.717, 1.165) is 34.1 Å². The van der Waals surface area contributed by atoms with Gasteiger partial charge in [0, 0.05) is 25.7 Å². The molecule has 0 radical (unpaired) electrons. The van der Waals surface area contributed by atoms with Gasteiger partial charge in [-0.15, -0.1) is 10.2 Å². The quantitative estimate of drug-likeness (QED) is 0.270. The minimum atomic E-state index is -4.53. The highest BCUT2D eigenvalue weighted by atomic mass is 19.4. The summed E-state index contributed by atoms with van der Waals surface area (Å²) in [6.45, 7) is 1.99. The molecule has 0 spiro atoms. The average molecular weight is 560 g/mol. The number of hydrogen-bond acceptors (Lipinski definition) is 7. The highest BCUT2D eigenvalue weighted by molar-refractivity contribution is 5.92. The van der Waals surface area contributed by atoms with E-state index in [2.05, 4.69) is 36.2 Å². The van der Waals surface area contributed by atoms with Crippen LogP contribution in [0.3, 0.4) is 0 Å². The second kappa shape index (κ2) is 12.4. The Balaban J connectivity index is 1.21. The molecular formula is C25H25F4N9O2. The number of nitrogens with one attached hydrogen (secondary N) is 2. The fraction of sp³-hybridized carbons (Fsp3) is 0.320. The number of amides is 2. The van der Waals surface area contributed by atoms with Crippen LogP contribution in [0.5, 0.6) is 0 Å². The van der Waals surface area contributed by atoms with Gasteiger partial charge >= 0.3 is 6.18 Å². The van der Waals surface area contributed by atoms with Gasteiger partial charge in [0.25, 0.3) is 11.8 Å². The number of alkyl halides is 4. The molecule has 0 saturated carbocycles. The molecule has 1 atom stereocenters. The third-order valence-electron chi connectivity index (χ3n) is 5.75. The van der Waals surface area contributed by atoms with E-state index in [1.165, 1.54) is 17.1 Å². The molecule has 2 N–H and O–H groups in total. The number of aryl methyl sites for hydroxylation is 2. The number of pyridine rings is 1. The lowest BCUT2D eigenvalue weighted by Gasteiger charge is -2.08. The van der Waals surface area contributed by atoms with Crippen molar-refractivity contribution >= 4 is 11.8 Å². The van der Waals surface area contributed by atoms with Crippen LogP contribution in [0.25, 0.3) is 0 Å². The number of aromatic nitrogens is 7. The molecular weight excluding hydrogens is 534 g/mol. The molecule has 15 heteroatoms. The predicted molar refractivity (Wildman–Crippen MR) is 132 cm³/mol. The highest BCUT2D eigenvalue weighted by Crippen LogP contribution is 2.28. The van der Waals surface area contributed by atoms with Gasteiger partial charge in [0.15, 0.2) is 11.4 Å². The molecule has 2 amide bonds. The van der Waals surface area contributed by atoms with Gasteiger partial charge in [0.2, 0.25) is 0 Å². The van der Waals surface area contributed by atoms with E-state index in [1.54, 1.807) is 0 Å². The normalized spacial score (nSPS) is 12.2. The van der Waals surface area contributed by atoms with Crippen LogP contribution < -0.4 is 10.6 Å². The number of nitrogens with zero attached hydrogens (tertiary/aromatic N) is 7. The van der Waals surface area contributed by atoms with Crippen LogP contribution in [0.2, 0.25) is 0 Å². The number of hydrogen-bond donors (Lipinski definition) is 2. The van der Waals surface area contributed by atoms with Crippen LogP contribution in [0, 0.1) is 6.92 Å². The summed E-state index contributed by atoms with van der Waals surface area (Å²) < 4.78 is 55.5. The van der Waals surface area contributed by atoms with Gasteiger partial charge in [-0.3, -0.25) is 19.3 Å². The van der Waals surface area contributed by atoms with Gasteiger partial charge < -0.3 is 10.6 Å². The number of carbonyl (C=O) groups is 2. The third kappa shape index (κ3) is 7.91. The zero-order chi connectivity index (χ0) is 28.7. The van der Waals surface area contributed by atoms with Crippen molar-refractivity contribution in [1.82, 2.24) is 45.6 Å². The summed E-state index contributed by atoms with van der Waals surface area (Å²) in [4.78, 5) is 28.4. The van der Waals surface area contributed by atoms with E-state index in [4.69, 9.17) is 0 Å². The number of rotatable bonds is 11. The average Bonchev–Trinajstić information content (AvgIpc) is 3.60. The lowest BCUT2D eigenvalue weighted by molar-refractivity contribution is -0.137. The van der Waals surface area contributed by atoms with E-state index in [0.29, 0.717) is 6.54 Å². The fourth-order valence-corrected chi connectivity index (χ4v) is 3.56. The molecule has 40 heavy (non-hydrogen) atoms. The zero-order valence-corrected chi connectivity index (χ0v) is 21.3.